The van der Waals surface area contributed by atoms with Crippen LogP contribution in [0.4, 0.5) is 5.69 Å². The summed E-state index contributed by atoms with van der Waals surface area (Å²) in [5, 5.41) is 0. The molecule has 100 valence electrons. The molecule has 2 N–H and O–H groups in total. The van der Waals surface area contributed by atoms with Crippen molar-refractivity contribution in [2.75, 3.05) is 18.1 Å². The van der Waals surface area contributed by atoms with Crippen molar-refractivity contribution in [1.82, 2.24) is 0 Å². The molecular formula is C13H19NO3S. The van der Waals surface area contributed by atoms with E-state index in [9.17, 15) is 8.42 Å². The lowest BCUT2D eigenvalue weighted by atomic mass is 10.2. The van der Waals surface area contributed by atoms with E-state index in [4.69, 9.17) is 10.5 Å². The van der Waals surface area contributed by atoms with E-state index < -0.39 is 9.84 Å². The average molecular weight is 269 g/mol. The number of anilines is 1. The maximum Gasteiger partial charge on any atom is 0.178 e. The monoisotopic (exact) mass is 269 g/mol. The quantitative estimate of drug-likeness (QED) is 0.848. The van der Waals surface area contributed by atoms with Gasteiger partial charge in [0.2, 0.25) is 0 Å². The number of benzene rings is 1. The smallest absolute Gasteiger partial charge is 0.178 e. The van der Waals surface area contributed by atoms with Crippen molar-refractivity contribution in [3.05, 3.63) is 23.8 Å². The van der Waals surface area contributed by atoms with Gasteiger partial charge in [0.1, 0.15) is 0 Å². The van der Waals surface area contributed by atoms with Crippen molar-refractivity contribution >= 4 is 15.5 Å². The number of aryl methyl sites for hydroxylation is 1. The summed E-state index contributed by atoms with van der Waals surface area (Å²) in [5.74, 6) is 0.127. The molecule has 1 aromatic rings. The summed E-state index contributed by atoms with van der Waals surface area (Å²) >= 11 is 0. The molecule has 0 saturated carbocycles. The molecule has 0 radical (unpaired) electrons. The van der Waals surface area contributed by atoms with E-state index in [1.54, 1.807) is 25.1 Å². The molecule has 2 rings (SSSR count). The molecule has 1 aliphatic rings. The third-order valence-electron chi connectivity index (χ3n) is 3.28. The van der Waals surface area contributed by atoms with Gasteiger partial charge in [0.05, 0.1) is 16.8 Å². The Morgan fingerprint density at radius 1 is 1.44 bits per heavy atom. The summed E-state index contributed by atoms with van der Waals surface area (Å²) in [6.45, 7) is 2.54. The van der Waals surface area contributed by atoms with Crippen LogP contribution in [-0.2, 0) is 14.6 Å². The van der Waals surface area contributed by atoms with E-state index in [0.717, 1.165) is 25.0 Å². The van der Waals surface area contributed by atoms with Crippen molar-refractivity contribution in [3.8, 4) is 0 Å². The zero-order valence-corrected chi connectivity index (χ0v) is 11.4. The van der Waals surface area contributed by atoms with Crippen molar-refractivity contribution in [1.29, 1.82) is 0 Å². The van der Waals surface area contributed by atoms with E-state index in [1.165, 1.54) is 0 Å². The molecule has 1 saturated heterocycles. The second kappa shape index (κ2) is 5.28. The predicted octanol–water partition coefficient (Wildman–Crippen LogP) is 1.92. The van der Waals surface area contributed by atoms with Gasteiger partial charge in [0, 0.05) is 12.3 Å². The molecule has 0 spiro atoms. The minimum Gasteiger partial charge on any atom is -0.399 e. The van der Waals surface area contributed by atoms with Gasteiger partial charge in [0.25, 0.3) is 0 Å². The number of sulfone groups is 1. The predicted molar refractivity (Wildman–Crippen MR) is 71.2 cm³/mol. The first-order valence-electron chi connectivity index (χ1n) is 6.19. The van der Waals surface area contributed by atoms with Gasteiger partial charge in [-0.25, -0.2) is 8.42 Å². The normalized spacial score (nSPS) is 20.2. The number of nitrogen functional groups attached to an aromatic ring is 1. The van der Waals surface area contributed by atoms with E-state index in [-0.39, 0.29) is 11.9 Å². The van der Waals surface area contributed by atoms with Gasteiger partial charge in [-0.3, -0.25) is 0 Å². The van der Waals surface area contributed by atoms with Crippen LogP contribution < -0.4 is 5.73 Å². The largest absolute Gasteiger partial charge is 0.399 e. The second-order valence-electron chi connectivity index (χ2n) is 4.77. The van der Waals surface area contributed by atoms with Crippen LogP contribution in [0.15, 0.2) is 23.1 Å². The molecule has 1 heterocycles. The fraction of sp³-hybridized carbons (Fsp3) is 0.538. The maximum absolute atomic E-state index is 12.3. The Morgan fingerprint density at radius 3 is 2.89 bits per heavy atom. The fourth-order valence-electron chi connectivity index (χ4n) is 2.22. The summed E-state index contributed by atoms with van der Waals surface area (Å²) < 4.78 is 30.0. The Hall–Kier alpha value is -1.07. The van der Waals surface area contributed by atoms with Crippen LogP contribution >= 0.6 is 0 Å². The Morgan fingerprint density at radius 2 is 2.22 bits per heavy atom. The third kappa shape index (κ3) is 3.03. The van der Waals surface area contributed by atoms with Crippen molar-refractivity contribution in [2.45, 2.75) is 37.2 Å². The van der Waals surface area contributed by atoms with Gasteiger partial charge in [-0.05, 0) is 43.9 Å². The lowest BCUT2D eigenvalue weighted by molar-refractivity contribution is 0.109. The first kappa shape index (κ1) is 13.4. The summed E-state index contributed by atoms with van der Waals surface area (Å²) in [6.07, 6.45) is 2.66. The van der Waals surface area contributed by atoms with Crippen LogP contribution in [0, 0.1) is 6.92 Å². The summed E-state index contributed by atoms with van der Waals surface area (Å²) in [6, 6.07) is 5.00. The molecule has 1 aromatic carbocycles. The highest BCUT2D eigenvalue weighted by Gasteiger charge is 2.22. The van der Waals surface area contributed by atoms with Gasteiger partial charge in [0.15, 0.2) is 9.84 Å². The first-order valence-corrected chi connectivity index (χ1v) is 7.85. The molecule has 4 nitrogen and oxygen atoms in total. The van der Waals surface area contributed by atoms with E-state index in [2.05, 4.69) is 0 Å². The van der Waals surface area contributed by atoms with Crippen molar-refractivity contribution < 1.29 is 13.2 Å². The van der Waals surface area contributed by atoms with E-state index >= 15 is 0 Å². The topological polar surface area (TPSA) is 69.4 Å². The first-order chi connectivity index (χ1) is 8.49. The van der Waals surface area contributed by atoms with Crippen LogP contribution in [0.2, 0.25) is 0 Å². The maximum atomic E-state index is 12.3. The number of nitrogens with two attached hydrogens (primary N) is 1. The Balaban J connectivity index is 2.12. The number of rotatable bonds is 4. The van der Waals surface area contributed by atoms with Gasteiger partial charge in [-0.2, -0.15) is 0 Å². The number of hydrogen-bond donors (Lipinski definition) is 1. The standard InChI is InChI=1S/C13H19NO3S/c1-10-4-5-11(14)9-13(10)18(15,16)8-6-12-3-2-7-17-12/h4-5,9,12H,2-3,6-8,14H2,1H3. The average Bonchev–Trinajstić information content (AvgIpc) is 2.83. The Kier molecular flexibility index (Phi) is 3.92. The van der Waals surface area contributed by atoms with Gasteiger partial charge < -0.3 is 10.5 Å². The van der Waals surface area contributed by atoms with Crippen LogP contribution in [0.25, 0.3) is 0 Å². The summed E-state index contributed by atoms with van der Waals surface area (Å²) in [4.78, 5) is 0.348. The van der Waals surface area contributed by atoms with Crippen molar-refractivity contribution in [2.24, 2.45) is 0 Å². The fourth-order valence-corrected chi connectivity index (χ4v) is 3.89. The molecular weight excluding hydrogens is 250 g/mol. The van der Waals surface area contributed by atoms with Crippen LogP contribution in [0.3, 0.4) is 0 Å². The molecule has 1 unspecified atom stereocenters. The molecule has 0 bridgehead atoms. The van der Waals surface area contributed by atoms with Crippen LogP contribution in [0.1, 0.15) is 24.8 Å². The molecule has 5 heteroatoms. The second-order valence-corrected chi connectivity index (χ2v) is 6.85. The Bertz CT molecular complexity index is 519. The zero-order valence-electron chi connectivity index (χ0n) is 10.6. The highest BCUT2D eigenvalue weighted by Crippen LogP contribution is 2.22. The highest BCUT2D eigenvalue weighted by atomic mass is 32.2. The number of hydrogen-bond acceptors (Lipinski definition) is 4. The van der Waals surface area contributed by atoms with Gasteiger partial charge >= 0.3 is 0 Å². The summed E-state index contributed by atoms with van der Waals surface area (Å²) in [5.41, 5.74) is 6.88. The zero-order chi connectivity index (χ0) is 13.2. The van der Waals surface area contributed by atoms with Crippen LogP contribution in [-0.4, -0.2) is 26.9 Å². The minimum absolute atomic E-state index is 0.0983. The minimum atomic E-state index is -3.26. The lowest BCUT2D eigenvalue weighted by Crippen LogP contribution is -2.15. The van der Waals surface area contributed by atoms with E-state index in [1.807, 2.05) is 0 Å². The molecule has 18 heavy (non-hydrogen) atoms. The molecule has 1 atom stereocenters. The van der Waals surface area contributed by atoms with E-state index in [0.29, 0.717) is 17.0 Å². The number of ether oxygens (including phenoxy) is 1. The van der Waals surface area contributed by atoms with Crippen LogP contribution in [0.5, 0.6) is 0 Å². The molecule has 0 aromatic heterocycles. The molecule has 1 fully saturated rings. The summed E-state index contributed by atoms with van der Waals surface area (Å²) in [7, 11) is -3.26. The molecule has 0 aliphatic carbocycles. The van der Waals surface area contributed by atoms with Crippen molar-refractivity contribution in [3.63, 3.8) is 0 Å². The van der Waals surface area contributed by atoms with Gasteiger partial charge in [-0.15, -0.1) is 0 Å². The highest BCUT2D eigenvalue weighted by molar-refractivity contribution is 7.91. The lowest BCUT2D eigenvalue weighted by Gasteiger charge is -2.11. The Labute approximate surface area is 108 Å². The third-order valence-corrected chi connectivity index (χ3v) is 5.16. The molecule has 1 aliphatic heterocycles. The molecule has 0 amide bonds. The SMILES string of the molecule is Cc1ccc(N)cc1S(=O)(=O)CCC1CCCO1. The van der Waals surface area contributed by atoms with Gasteiger partial charge in [-0.1, -0.05) is 6.07 Å².